The van der Waals surface area contributed by atoms with Gasteiger partial charge in [-0.15, -0.1) is 0 Å². The van der Waals surface area contributed by atoms with Crippen LogP contribution in [-0.4, -0.2) is 37.6 Å². The fourth-order valence-electron chi connectivity index (χ4n) is 4.63. The van der Waals surface area contributed by atoms with Gasteiger partial charge in [-0.05, 0) is 66.2 Å². The molecule has 0 atom stereocenters. The van der Waals surface area contributed by atoms with Gasteiger partial charge in [0.15, 0.2) is 0 Å². The van der Waals surface area contributed by atoms with E-state index in [1.807, 2.05) is 4.57 Å². The molecule has 0 unspecified atom stereocenters. The molecule has 0 fully saturated rings. The molecule has 0 aliphatic heterocycles. The van der Waals surface area contributed by atoms with Gasteiger partial charge >= 0.3 is 0 Å². The van der Waals surface area contributed by atoms with E-state index in [0.717, 1.165) is 11.8 Å². The molecule has 3 N–H and O–H groups in total. The van der Waals surface area contributed by atoms with Crippen molar-refractivity contribution in [3.63, 3.8) is 0 Å². The van der Waals surface area contributed by atoms with E-state index in [9.17, 15) is 21.6 Å². The zero-order chi connectivity index (χ0) is 30.2. The fourth-order valence-corrected chi connectivity index (χ4v) is 6.63. The molecular formula is C28H23Cl2N5O5S2. The third kappa shape index (κ3) is 6.21. The highest BCUT2D eigenvalue weighted by molar-refractivity contribution is 7.92. The smallest absolute Gasteiger partial charge is 0.262 e. The second kappa shape index (κ2) is 11.3. The lowest BCUT2D eigenvalue weighted by atomic mass is 10.0. The minimum atomic E-state index is -4.28. The van der Waals surface area contributed by atoms with Crippen molar-refractivity contribution in [2.45, 2.75) is 11.4 Å². The van der Waals surface area contributed by atoms with Crippen LogP contribution in [0.5, 0.6) is 0 Å². The standard InChI is InChI=1S/C28H23Cl2N5O5S2/c1-17(33-42(39,40)21-6-3-5-20(15-21)34-41(2,37)38)27-26(22-7-4-11-32-28(22)36)23-14-19(29)8-9-24(23)35(27)16-18-10-12-31-25(30)13-18/h3-15,33-34H,1,16H2,2H3,(H,32,36). The van der Waals surface area contributed by atoms with Crippen LogP contribution in [0.1, 0.15) is 11.3 Å². The number of halogens is 2. The van der Waals surface area contributed by atoms with Gasteiger partial charge in [0.05, 0.1) is 22.5 Å². The first-order chi connectivity index (χ1) is 19.8. The first-order valence-corrected chi connectivity index (χ1v) is 16.4. The van der Waals surface area contributed by atoms with Gasteiger partial charge in [-0.3, -0.25) is 14.2 Å². The van der Waals surface area contributed by atoms with E-state index >= 15 is 0 Å². The molecule has 2 aromatic carbocycles. The highest BCUT2D eigenvalue weighted by Gasteiger charge is 2.26. The molecule has 10 nitrogen and oxygen atoms in total. The third-order valence-corrected chi connectivity index (χ3v) is 8.67. The largest absolute Gasteiger partial charge is 0.334 e. The van der Waals surface area contributed by atoms with Gasteiger partial charge in [0.2, 0.25) is 10.0 Å². The number of aromatic amines is 1. The van der Waals surface area contributed by atoms with E-state index < -0.39 is 25.6 Å². The molecule has 0 amide bonds. The molecule has 216 valence electrons. The van der Waals surface area contributed by atoms with Crippen molar-refractivity contribution in [1.82, 2.24) is 19.3 Å². The van der Waals surface area contributed by atoms with Crippen LogP contribution in [0.25, 0.3) is 27.7 Å². The van der Waals surface area contributed by atoms with Crippen molar-refractivity contribution in [2.75, 3.05) is 11.0 Å². The Kier molecular flexibility index (Phi) is 7.90. The minimum Gasteiger partial charge on any atom is -0.334 e. The Morgan fingerprint density at radius 2 is 1.81 bits per heavy atom. The van der Waals surface area contributed by atoms with Crippen LogP contribution in [-0.2, 0) is 26.6 Å². The highest BCUT2D eigenvalue weighted by atomic mass is 35.5. The number of anilines is 1. The molecule has 5 aromatic rings. The molecule has 0 radical (unpaired) electrons. The molecule has 14 heteroatoms. The number of pyridine rings is 2. The van der Waals surface area contributed by atoms with E-state index in [1.54, 1.807) is 48.7 Å². The number of nitrogens with one attached hydrogen (secondary N) is 3. The number of rotatable bonds is 9. The zero-order valence-corrected chi connectivity index (χ0v) is 25.1. The maximum atomic E-state index is 13.6. The van der Waals surface area contributed by atoms with Crippen LogP contribution in [0.2, 0.25) is 10.2 Å². The lowest BCUT2D eigenvalue weighted by Crippen LogP contribution is -2.24. The number of sulfonamides is 2. The summed E-state index contributed by atoms with van der Waals surface area (Å²) in [5.41, 5.74) is 2.03. The van der Waals surface area contributed by atoms with Crippen molar-refractivity contribution in [3.05, 3.63) is 117 Å². The number of aromatic nitrogens is 3. The third-order valence-electron chi connectivity index (χ3n) is 6.24. The van der Waals surface area contributed by atoms with Gasteiger partial charge in [-0.25, -0.2) is 21.8 Å². The average Bonchev–Trinajstić information content (AvgIpc) is 3.21. The molecule has 3 heterocycles. The summed E-state index contributed by atoms with van der Waals surface area (Å²) in [5.74, 6) is 0. The number of hydrogen-bond acceptors (Lipinski definition) is 6. The summed E-state index contributed by atoms with van der Waals surface area (Å²) in [4.78, 5) is 19.5. The first kappa shape index (κ1) is 29.4. The summed E-state index contributed by atoms with van der Waals surface area (Å²) in [6, 6.07) is 17.2. The van der Waals surface area contributed by atoms with Crippen LogP contribution in [0.15, 0.2) is 95.4 Å². The van der Waals surface area contributed by atoms with Crippen LogP contribution in [0, 0.1) is 0 Å². The number of fused-ring (bicyclic) bond motifs is 1. The Labute approximate surface area is 251 Å². The predicted octanol–water partition coefficient (Wildman–Crippen LogP) is 5.07. The van der Waals surface area contributed by atoms with Crippen LogP contribution in [0.4, 0.5) is 5.69 Å². The second-order valence-electron chi connectivity index (χ2n) is 9.36. The predicted molar refractivity (Wildman–Crippen MR) is 166 cm³/mol. The number of benzene rings is 2. The summed E-state index contributed by atoms with van der Waals surface area (Å²) in [6.07, 6.45) is 4.01. The number of hydrogen-bond donors (Lipinski definition) is 3. The van der Waals surface area contributed by atoms with E-state index in [0.29, 0.717) is 27.2 Å². The van der Waals surface area contributed by atoms with Gasteiger partial charge < -0.3 is 9.55 Å². The molecule has 0 aliphatic rings. The maximum Gasteiger partial charge on any atom is 0.262 e. The molecule has 0 bridgehead atoms. The van der Waals surface area contributed by atoms with Gasteiger partial charge in [0, 0.05) is 51.7 Å². The monoisotopic (exact) mass is 643 g/mol. The summed E-state index contributed by atoms with van der Waals surface area (Å²) >= 11 is 12.5. The minimum absolute atomic E-state index is 0.0396. The normalized spacial score (nSPS) is 11.9. The zero-order valence-electron chi connectivity index (χ0n) is 21.9. The Morgan fingerprint density at radius 1 is 1.02 bits per heavy atom. The lowest BCUT2D eigenvalue weighted by Gasteiger charge is -2.17. The Bertz CT molecular complexity index is 2140. The van der Waals surface area contributed by atoms with Crippen molar-refractivity contribution < 1.29 is 16.8 Å². The fraction of sp³-hybridized carbons (Fsp3) is 0.0714. The molecule has 0 saturated carbocycles. The average molecular weight is 645 g/mol. The molecule has 42 heavy (non-hydrogen) atoms. The Balaban J connectivity index is 1.71. The number of H-pyrrole nitrogens is 1. The number of nitrogens with zero attached hydrogens (tertiary/aromatic N) is 2. The van der Waals surface area contributed by atoms with E-state index in [2.05, 4.69) is 26.0 Å². The molecule has 5 rings (SSSR count). The maximum absolute atomic E-state index is 13.6. The van der Waals surface area contributed by atoms with Crippen LogP contribution < -0.4 is 15.0 Å². The van der Waals surface area contributed by atoms with Crippen LogP contribution in [0.3, 0.4) is 0 Å². The SMILES string of the molecule is C=C(NS(=O)(=O)c1cccc(NS(C)(=O)=O)c1)c1c(-c2ccc[nH]c2=O)c2cc(Cl)ccc2n1Cc1ccnc(Cl)c1. The van der Waals surface area contributed by atoms with E-state index in [1.165, 1.54) is 30.5 Å². The quantitative estimate of drug-likeness (QED) is 0.191. The summed E-state index contributed by atoms with van der Waals surface area (Å²) in [6.45, 7) is 4.28. The summed E-state index contributed by atoms with van der Waals surface area (Å²) in [5, 5.41) is 1.28. The lowest BCUT2D eigenvalue weighted by molar-refractivity contribution is 0.591. The van der Waals surface area contributed by atoms with Crippen molar-refractivity contribution in [1.29, 1.82) is 0 Å². The highest BCUT2D eigenvalue weighted by Crippen LogP contribution is 2.38. The summed E-state index contributed by atoms with van der Waals surface area (Å²) < 4.78 is 57.1. The Morgan fingerprint density at radius 3 is 2.52 bits per heavy atom. The van der Waals surface area contributed by atoms with Crippen molar-refractivity contribution in [2.24, 2.45) is 0 Å². The summed E-state index contributed by atoms with van der Waals surface area (Å²) in [7, 11) is -7.92. The molecular weight excluding hydrogens is 621 g/mol. The Hall–Kier alpha value is -4.10. The van der Waals surface area contributed by atoms with Gasteiger partial charge in [-0.1, -0.05) is 35.8 Å². The molecule has 0 aliphatic carbocycles. The molecule has 0 saturated heterocycles. The van der Waals surface area contributed by atoms with Crippen LogP contribution >= 0.6 is 23.2 Å². The van der Waals surface area contributed by atoms with E-state index in [-0.39, 0.29) is 33.5 Å². The van der Waals surface area contributed by atoms with Gasteiger partial charge in [-0.2, -0.15) is 0 Å². The first-order valence-electron chi connectivity index (χ1n) is 12.2. The van der Waals surface area contributed by atoms with Gasteiger partial charge in [0.25, 0.3) is 15.6 Å². The van der Waals surface area contributed by atoms with Gasteiger partial charge in [0.1, 0.15) is 5.15 Å². The topological polar surface area (TPSA) is 143 Å². The van der Waals surface area contributed by atoms with Crippen molar-refractivity contribution in [3.8, 4) is 11.1 Å². The second-order valence-corrected chi connectivity index (χ2v) is 13.6. The molecule has 3 aromatic heterocycles. The van der Waals surface area contributed by atoms with E-state index in [4.69, 9.17) is 23.2 Å². The van der Waals surface area contributed by atoms with Crippen molar-refractivity contribution >= 4 is 65.5 Å². The molecule has 0 spiro atoms.